The highest BCUT2D eigenvalue weighted by Gasteiger charge is 2.22. The van der Waals surface area contributed by atoms with Gasteiger partial charge in [-0.25, -0.2) is 0 Å². The molecule has 4 heteroatoms. The summed E-state index contributed by atoms with van der Waals surface area (Å²) < 4.78 is 5.19. The summed E-state index contributed by atoms with van der Waals surface area (Å²) in [6.45, 7) is 2.52. The van der Waals surface area contributed by atoms with Gasteiger partial charge in [0.05, 0.1) is 13.2 Å². The van der Waals surface area contributed by atoms with Crippen LogP contribution < -0.4 is 0 Å². The lowest BCUT2D eigenvalue weighted by Gasteiger charge is -2.28. The van der Waals surface area contributed by atoms with Gasteiger partial charge in [-0.1, -0.05) is 18.2 Å². The molecular weight excluding hydrogens is 230 g/mol. The molecular formula is C14H19NO3. The Labute approximate surface area is 107 Å². The molecule has 0 atom stereocenters. The van der Waals surface area contributed by atoms with Crippen LogP contribution in [-0.2, 0) is 11.2 Å². The minimum absolute atomic E-state index is 0.0516. The average Bonchev–Trinajstić information content (AvgIpc) is 2.41. The number of amides is 1. The number of ether oxygens (including phenoxy) is 1. The van der Waals surface area contributed by atoms with Gasteiger partial charge in [-0.3, -0.25) is 4.79 Å². The first-order valence-electron chi connectivity index (χ1n) is 6.38. The van der Waals surface area contributed by atoms with Gasteiger partial charge in [0.15, 0.2) is 0 Å². The summed E-state index contributed by atoms with van der Waals surface area (Å²) in [6.07, 6.45) is 1.74. The van der Waals surface area contributed by atoms with Crippen molar-refractivity contribution < 1.29 is 14.6 Å². The Morgan fingerprint density at radius 1 is 1.28 bits per heavy atom. The van der Waals surface area contributed by atoms with Gasteiger partial charge < -0.3 is 14.7 Å². The number of carbonyl (C=O) groups is 1. The molecule has 0 radical (unpaired) electrons. The molecule has 0 saturated carbocycles. The maximum atomic E-state index is 12.2. The highest BCUT2D eigenvalue weighted by Crippen LogP contribution is 2.18. The second-order valence-corrected chi connectivity index (χ2v) is 4.39. The fraction of sp³-hybridized carbons (Fsp3) is 0.500. The largest absolute Gasteiger partial charge is 0.394 e. The molecule has 18 heavy (non-hydrogen) atoms. The summed E-state index contributed by atoms with van der Waals surface area (Å²) in [4.78, 5) is 14.1. The van der Waals surface area contributed by atoms with E-state index in [0.717, 1.165) is 37.1 Å². The van der Waals surface area contributed by atoms with E-state index < -0.39 is 0 Å². The third kappa shape index (κ3) is 3.09. The van der Waals surface area contributed by atoms with Crippen molar-refractivity contribution in [3.05, 3.63) is 35.4 Å². The van der Waals surface area contributed by atoms with Gasteiger partial charge in [0.25, 0.3) is 5.91 Å². The lowest BCUT2D eigenvalue weighted by molar-refractivity contribution is 0.0663. The van der Waals surface area contributed by atoms with Gasteiger partial charge in [-0.05, 0) is 24.5 Å². The molecule has 0 aliphatic carbocycles. The third-order valence-corrected chi connectivity index (χ3v) is 3.14. The molecule has 1 heterocycles. The molecule has 1 N–H and O–H groups in total. The number of rotatable bonds is 6. The highest BCUT2D eigenvalue weighted by molar-refractivity contribution is 5.96. The summed E-state index contributed by atoms with van der Waals surface area (Å²) in [6, 6.07) is 7.80. The SMILES string of the molecule is O=C1c2ccccc2CCN1CCCOCCO. The van der Waals surface area contributed by atoms with Crippen LogP contribution in [0.3, 0.4) is 0 Å². The summed E-state index contributed by atoms with van der Waals surface area (Å²) in [5.74, 6) is 0.124. The molecule has 98 valence electrons. The Morgan fingerprint density at radius 3 is 2.94 bits per heavy atom. The molecule has 0 aromatic heterocycles. The number of benzene rings is 1. The van der Waals surface area contributed by atoms with Gasteiger partial charge in [-0.15, -0.1) is 0 Å². The standard InChI is InChI=1S/C14H19NO3/c16-9-11-18-10-3-7-15-8-6-12-4-1-2-5-13(12)14(15)17/h1-2,4-5,16H,3,6-11H2. The van der Waals surface area contributed by atoms with Gasteiger partial charge >= 0.3 is 0 Å². The smallest absolute Gasteiger partial charge is 0.254 e. The monoisotopic (exact) mass is 249 g/mol. The number of hydrogen-bond donors (Lipinski definition) is 1. The lowest BCUT2D eigenvalue weighted by Crippen LogP contribution is -2.38. The van der Waals surface area contributed by atoms with E-state index in [1.807, 2.05) is 29.2 Å². The Balaban J connectivity index is 1.84. The first-order valence-corrected chi connectivity index (χ1v) is 6.38. The van der Waals surface area contributed by atoms with Crippen LogP contribution in [-0.4, -0.2) is 48.8 Å². The van der Waals surface area contributed by atoms with E-state index >= 15 is 0 Å². The Morgan fingerprint density at radius 2 is 2.11 bits per heavy atom. The van der Waals surface area contributed by atoms with E-state index in [2.05, 4.69) is 0 Å². The van der Waals surface area contributed by atoms with E-state index in [4.69, 9.17) is 9.84 Å². The summed E-state index contributed by atoms with van der Waals surface area (Å²) >= 11 is 0. The van der Waals surface area contributed by atoms with Crippen molar-refractivity contribution in [2.75, 3.05) is 32.9 Å². The Kier molecular flexibility index (Phi) is 4.73. The zero-order valence-electron chi connectivity index (χ0n) is 10.5. The van der Waals surface area contributed by atoms with E-state index in [1.165, 1.54) is 0 Å². The predicted molar refractivity (Wildman–Crippen MR) is 68.6 cm³/mol. The Bertz CT molecular complexity index is 406. The van der Waals surface area contributed by atoms with Crippen molar-refractivity contribution >= 4 is 5.91 Å². The summed E-state index contributed by atoms with van der Waals surface area (Å²) in [7, 11) is 0. The molecule has 1 aliphatic heterocycles. The van der Waals surface area contributed by atoms with Gasteiger partial charge in [0, 0.05) is 25.3 Å². The van der Waals surface area contributed by atoms with Crippen molar-refractivity contribution in [2.24, 2.45) is 0 Å². The molecule has 1 aromatic carbocycles. The number of carbonyl (C=O) groups excluding carboxylic acids is 1. The number of hydrogen-bond acceptors (Lipinski definition) is 3. The average molecular weight is 249 g/mol. The zero-order valence-corrected chi connectivity index (χ0v) is 10.5. The fourth-order valence-electron chi connectivity index (χ4n) is 2.21. The van der Waals surface area contributed by atoms with Crippen LogP contribution in [0.25, 0.3) is 0 Å². The molecule has 0 fully saturated rings. The number of aliphatic hydroxyl groups is 1. The number of aliphatic hydroxyl groups excluding tert-OH is 1. The molecule has 0 spiro atoms. The van der Waals surface area contributed by atoms with Crippen LogP contribution in [0.4, 0.5) is 0 Å². The van der Waals surface area contributed by atoms with Crippen molar-refractivity contribution in [2.45, 2.75) is 12.8 Å². The van der Waals surface area contributed by atoms with Crippen LogP contribution >= 0.6 is 0 Å². The molecule has 1 aromatic rings. The minimum Gasteiger partial charge on any atom is -0.394 e. The van der Waals surface area contributed by atoms with E-state index in [9.17, 15) is 4.79 Å². The summed E-state index contributed by atoms with van der Waals surface area (Å²) in [5.41, 5.74) is 1.98. The van der Waals surface area contributed by atoms with Gasteiger partial charge in [0.2, 0.25) is 0 Å². The highest BCUT2D eigenvalue weighted by atomic mass is 16.5. The van der Waals surface area contributed by atoms with E-state index in [0.29, 0.717) is 13.2 Å². The van der Waals surface area contributed by atoms with Crippen molar-refractivity contribution in [1.29, 1.82) is 0 Å². The molecule has 1 aliphatic rings. The van der Waals surface area contributed by atoms with Crippen LogP contribution in [0.2, 0.25) is 0 Å². The molecule has 4 nitrogen and oxygen atoms in total. The van der Waals surface area contributed by atoms with Crippen LogP contribution in [0.15, 0.2) is 24.3 Å². The van der Waals surface area contributed by atoms with Crippen LogP contribution in [0, 0.1) is 0 Å². The second kappa shape index (κ2) is 6.52. The van der Waals surface area contributed by atoms with Gasteiger partial charge in [-0.2, -0.15) is 0 Å². The van der Waals surface area contributed by atoms with Crippen molar-refractivity contribution in [3.8, 4) is 0 Å². The van der Waals surface area contributed by atoms with Crippen LogP contribution in [0.1, 0.15) is 22.3 Å². The maximum Gasteiger partial charge on any atom is 0.254 e. The van der Waals surface area contributed by atoms with Crippen LogP contribution in [0.5, 0.6) is 0 Å². The van der Waals surface area contributed by atoms with Gasteiger partial charge in [0.1, 0.15) is 0 Å². The first-order chi connectivity index (χ1) is 8.83. The molecule has 2 rings (SSSR count). The van der Waals surface area contributed by atoms with E-state index in [1.54, 1.807) is 0 Å². The van der Waals surface area contributed by atoms with Crippen molar-refractivity contribution in [1.82, 2.24) is 4.90 Å². The topological polar surface area (TPSA) is 49.8 Å². The van der Waals surface area contributed by atoms with Crippen molar-refractivity contribution in [3.63, 3.8) is 0 Å². The molecule has 0 unspecified atom stereocenters. The lowest BCUT2D eigenvalue weighted by atomic mass is 9.99. The van der Waals surface area contributed by atoms with E-state index in [-0.39, 0.29) is 12.5 Å². The zero-order chi connectivity index (χ0) is 12.8. The molecule has 0 saturated heterocycles. The second-order valence-electron chi connectivity index (χ2n) is 4.39. The molecule has 1 amide bonds. The first kappa shape index (κ1) is 13.1. The normalized spacial score (nSPS) is 14.7. The predicted octanol–water partition coefficient (Wildman–Crippen LogP) is 1.08. The maximum absolute atomic E-state index is 12.2. The fourth-order valence-corrected chi connectivity index (χ4v) is 2.21. The number of fused-ring (bicyclic) bond motifs is 1. The number of nitrogens with zero attached hydrogens (tertiary/aromatic N) is 1. The molecule has 0 bridgehead atoms. The quantitative estimate of drug-likeness (QED) is 0.768. The third-order valence-electron chi connectivity index (χ3n) is 3.14. The minimum atomic E-state index is 0.0516. The Hall–Kier alpha value is -1.39. The summed E-state index contributed by atoms with van der Waals surface area (Å²) in [5, 5.41) is 8.58.